The molecule has 1 aliphatic rings. The molecule has 0 amide bonds. The van der Waals surface area contributed by atoms with Gasteiger partial charge in [-0.1, -0.05) is 42.5 Å². The van der Waals surface area contributed by atoms with Gasteiger partial charge in [-0.2, -0.15) is 0 Å². The van der Waals surface area contributed by atoms with Crippen molar-refractivity contribution in [2.24, 2.45) is 0 Å². The van der Waals surface area contributed by atoms with Crippen LogP contribution in [0.3, 0.4) is 0 Å². The topological polar surface area (TPSA) is 38.8 Å². The average molecular weight is 325 g/mol. The van der Waals surface area contributed by atoms with Crippen LogP contribution >= 0.6 is 0 Å². The molecule has 24 heavy (non-hydrogen) atoms. The molecule has 0 aliphatic carbocycles. The maximum Gasteiger partial charge on any atom is 0.148 e. The van der Waals surface area contributed by atoms with Gasteiger partial charge in [0.2, 0.25) is 0 Å². The Labute approximate surface area is 143 Å². The number of carbonyl (C=O) groups excluding carboxylic acids is 1. The summed E-state index contributed by atoms with van der Waals surface area (Å²) in [4.78, 5) is 13.5. The van der Waals surface area contributed by atoms with Crippen molar-refractivity contribution in [3.8, 4) is 16.9 Å². The number of carbonyl (C=O) groups is 1. The van der Waals surface area contributed by atoms with E-state index in [9.17, 15) is 4.79 Å². The number of hydrogen-bond donors (Lipinski definition) is 0. The lowest BCUT2D eigenvalue weighted by Gasteiger charge is -2.30. The second kappa shape index (κ2) is 7.60. The molecule has 1 heterocycles. The predicted molar refractivity (Wildman–Crippen MR) is 94.2 cm³/mol. The van der Waals surface area contributed by atoms with Gasteiger partial charge in [-0.05, 0) is 25.7 Å². The fraction of sp³-hybridized carbons (Fsp3) is 0.350. The van der Waals surface area contributed by atoms with Crippen molar-refractivity contribution in [1.29, 1.82) is 0 Å². The number of rotatable bonds is 7. The van der Waals surface area contributed by atoms with Gasteiger partial charge < -0.3 is 19.2 Å². The fourth-order valence-corrected chi connectivity index (χ4v) is 2.97. The van der Waals surface area contributed by atoms with Crippen LogP contribution in [0.5, 0.6) is 5.75 Å². The second-order valence-corrected chi connectivity index (χ2v) is 6.27. The summed E-state index contributed by atoms with van der Waals surface area (Å²) in [7, 11) is 3.97. The lowest BCUT2D eigenvalue weighted by Crippen LogP contribution is -2.27. The highest BCUT2D eigenvalue weighted by atomic mass is 16.5. The van der Waals surface area contributed by atoms with Crippen LogP contribution in [0.1, 0.15) is 18.1 Å². The first kappa shape index (κ1) is 16.7. The van der Waals surface area contributed by atoms with Crippen molar-refractivity contribution in [1.82, 2.24) is 4.90 Å². The fourth-order valence-electron chi connectivity index (χ4n) is 2.97. The molecule has 4 nitrogen and oxygen atoms in total. The quantitative estimate of drug-likeness (QED) is 0.732. The minimum absolute atomic E-state index is 0.175. The van der Waals surface area contributed by atoms with Gasteiger partial charge in [0, 0.05) is 24.1 Å². The van der Waals surface area contributed by atoms with Crippen molar-refractivity contribution >= 4 is 6.29 Å². The van der Waals surface area contributed by atoms with Crippen LogP contribution in [0.25, 0.3) is 11.1 Å². The van der Waals surface area contributed by atoms with Crippen LogP contribution in [0, 0.1) is 0 Å². The lowest BCUT2D eigenvalue weighted by atomic mass is 9.90. The van der Waals surface area contributed by atoms with E-state index in [0.29, 0.717) is 13.0 Å². The minimum atomic E-state index is -0.465. The highest BCUT2D eigenvalue weighted by Gasteiger charge is 2.28. The van der Waals surface area contributed by atoms with Gasteiger partial charge in [-0.15, -0.1) is 0 Å². The third-order valence-corrected chi connectivity index (χ3v) is 4.22. The van der Waals surface area contributed by atoms with E-state index >= 15 is 0 Å². The summed E-state index contributed by atoms with van der Waals surface area (Å²) in [6, 6.07) is 16.2. The molecule has 0 saturated heterocycles. The first-order chi connectivity index (χ1) is 11.7. The number of fused-ring (bicyclic) bond motifs is 3. The van der Waals surface area contributed by atoms with Crippen molar-refractivity contribution in [2.45, 2.75) is 18.6 Å². The van der Waals surface area contributed by atoms with Crippen LogP contribution < -0.4 is 4.74 Å². The van der Waals surface area contributed by atoms with Crippen LogP contribution in [0.2, 0.25) is 0 Å². The number of nitrogens with zero attached hydrogens (tertiary/aromatic N) is 1. The number of benzene rings is 2. The van der Waals surface area contributed by atoms with Crippen LogP contribution in [0.15, 0.2) is 48.5 Å². The first-order valence-electron chi connectivity index (χ1n) is 8.25. The number of hydrogen-bond acceptors (Lipinski definition) is 4. The van der Waals surface area contributed by atoms with Gasteiger partial charge >= 0.3 is 0 Å². The molecule has 0 aromatic heterocycles. The average Bonchev–Trinajstić information content (AvgIpc) is 2.60. The van der Waals surface area contributed by atoms with E-state index in [2.05, 4.69) is 18.2 Å². The predicted octanol–water partition coefficient (Wildman–Crippen LogP) is 3.32. The van der Waals surface area contributed by atoms with Crippen LogP contribution in [-0.4, -0.2) is 44.5 Å². The van der Waals surface area contributed by atoms with E-state index in [1.54, 1.807) is 0 Å². The van der Waals surface area contributed by atoms with Crippen molar-refractivity contribution in [3.05, 3.63) is 54.1 Å². The summed E-state index contributed by atoms with van der Waals surface area (Å²) in [6.07, 6.45) is 0.753. The molecule has 0 radical (unpaired) electrons. The smallest absolute Gasteiger partial charge is 0.148 e. The number of likely N-dealkylation sites (N-methyl/N-ethyl adjacent to an activating group) is 1. The van der Waals surface area contributed by atoms with Gasteiger partial charge in [0.05, 0.1) is 6.61 Å². The van der Waals surface area contributed by atoms with E-state index in [-0.39, 0.29) is 6.10 Å². The molecule has 0 bridgehead atoms. The number of aldehydes is 1. The van der Waals surface area contributed by atoms with Gasteiger partial charge in [0.15, 0.2) is 0 Å². The molecule has 2 atom stereocenters. The standard InChI is InChI=1S/C20H23NO3/c1-21(2)11-12-23-15(14-22)13-20-18-9-4-3-7-16(18)17-8-5-6-10-19(17)24-20/h3-10,14-15,20H,11-13H2,1-2H3. The third-order valence-electron chi connectivity index (χ3n) is 4.22. The van der Waals surface area contributed by atoms with Gasteiger partial charge in [-0.25, -0.2) is 0 Å². The first-order valence-corrected chi connectivity index (χ1v) is 8.25. The zero-order chi connectivity index (χ0) is 16.9. The zero-order valence-corrected chi connectivity index (χ0v) is 14.1. The summed E-state index contributed by atoms with van der Waals surface area (Å²) in [6.45, 7) is 1.32. The van der Waals surface area contributed by atoms with E-state index in [4.69, 9.17) is 9.47 Å². The molecular formula is C20H23NO3. The molecule has 2 unspecified atom stereocenters. The molecular weight excluding hydrogens is 302 g/mol. The highest BCUT2D eigenvalue weighted by Crippen LogP contribution is 2.43. The Morgan fingerprint density at radius 3 is 2.58 bits per heavy atom. The molecule has 0 N–H and O–H groups in total. The molecule has 1 aliphatic heterocycles. The van der Waals surface area contributed by atoms with E-state index in [1.807, 2.05) is 49.3 Å². The summed E-state index contributed by atoms with van der Waals surface area (Å²) < 4.78 is 11.9. The maximum atomic E-state index is 11.4. The zero-order valence-electron chi connectivity index (χ0n) is 14.1. The molecule has 126 valence electrons. The van der Waals surface area contributed by atoms with E-state index < -0.39 is 6.10 Å². The molecule has 0 fully saturated rings. The van der Waals surface area contributed by atoms with Crippen LogP contribution in [0.4, 0.5) is 0 Å². The summed E-state index contributed by atoms with van der Waals surface area (Å²) >= 11 is 0. The second-order valence-electron chi connectivity index (χ2n) is 6.27. The largest absolute Gasteiger partial charge is 0.485 e. The number of ether oxygens (including phenoxy) is 2. The Bertz CT molecular complexity index is 699. The summed E-state index contributed by atoms with van der Waals surface area (Å²) in [5.41, 5.74) is 3.38. The SMILES string of the molecule is CN(C)CCOC(C=O)CC1Oc2ccccc2-c2ccccc21. The van der Waals surface area contributed by atoms with Crippen molar-refractivity contribution in [3.63, 3.8) is 0 Å². The summed E-state index contributed by atoms with van der Waals surface area (Å²) in [5.74, 6) is 0.860. The highest BCUT2D eigenvalue weighted by molar-refractivity contribution is 5.75. The van der Waals surface area contributed by atoms with Crippen molar-refractivity contribution in [2.75, 3.05) is 27.2 Å². The van der Waals surface area contributed by atoms with Crippen LogP contribution in [-0.2, 0) is 9.53 Å². The molecule has 4 heteroatoms. The minimum Gasteiger partial charge on any atom is -0.485 e. The molecule has 2 aromatic rings. The van der Waals surface area contributed by atoms with E-state index in [1.165, 1.54) is 5.56 Å². The van der Waals surface area contributed by atoms with E-state index in [0.717, 1.165) is 29.7 Å². The van der Waals surface area contributed by atoms with Crippen molar-refractivity contribution < 1.29 is 14.3 Å². The molecule has 2 aromatic carbocycles. The Balaban J connectivity index is 1.78. The Morgan fingerprint density at radius 1 is 1.12 bits per heavy atom. The Morgan fingerprint density at radius 2 is 1.83 bits per heavy atom. The summed E-state index contributed by atoms with van der Waals surface area (Å²) in [5, 5.41) is 0. The normalized spacial score (nSPS) is 16.9. The molecule has 3 rings (SSSR count). The van der Waals surface area contributed by atoms with Gasteiger partial charge in [0.1, 0.15) is 24.2 Å². The third kappa shape index (κ3) is 3.66. The molecule has 0 spiro atoms. The maximum absolute atomic E-state index is 11.4. The lowest BCUT2D eigenvalue weighted by molar-refractivity contribution is -0.120. The Kier molecular flexibility index (Phi) is 5.28. The number of para-hydroxylation sites is 1. The monoisotopic (exact) mass is 325 g/mol. The molecule has 0 saturated carbocycles. The van der Waals surface area contributed by atoms with Gasteiger partial charge in [0.25, 0.3) is 0 Å². The Hall–Kier alpha value is -2.17. The van der Waals surface area contributed by atoms with Gasteiger partial charge in [-0.3, -0.25) is 0 Å².